The van der Waals surface area contributed by atoms with E-state index in [1.807, 2.05) is 24.3 Å². The smallest absolute Gasteiger partial charge is 0.270 e. The largest absolute Gasteiger partial charge is 0.377 e. The molecule has 2 heterocycles. The molecule has 0 saturated carbocycles. The minimum Gasteiger partial charge on any atom is -0.377 e. The summed E-state index contributed by atoms with van der Waals surface area (Å²) in [5, 5.41) is 8.88. The van der Waals surface area contributed by atoms with E-state index in [4.69, 9.17) is 10.00 Å². The van der Waals surface area contributed by atoms with Gasteiger partial charge in [-0.3, -0.25) is 9.59 Å². The van der Waals surface area contributed by atoms with Crippen LogP contribution >= 0.6 is 0 Å². The van der Waals surface area contributed by atoms with E-state index in [0.717, 1.165) is 0 Å². The first kappa shape index (κ1) is 16.0. The monoisotopic (exact) mass is 323 g/mol. The van der Waals surface area contributed by atoms with Crippen LogP contribution in [-0.4, -0.2) is 47.4 Å². The van der Waals surface area contributed by atoms with Crippen LogP contribution in [0.25, 0.3) is 0 Å². The van der Waals surface area contributed by atoms with Gasteiger partial charge in [0.1, 0.15) is 11.8 Å². The normalized spacial score (nSPS) is 17.3. The lowest BCUT2D eigenvalue weighted by Crippen LogP contribution is -2.49. The molecular weight excluding hydrogens is 306 g/mol. The highest BCUT2D eigenvalue weighted by atomic mass is 16.5. The predicted molar refractivity (Wildman–Crippen MR) is 86.5 cm³/mol. The number of hydrogen-bond acceptors (Lipinski definition) is 4. The number of nitrogens with one attached hydrogen (secondary N) is 1. The van der Waals surface area contributed by atoms with Gasteiger partial charge in [0.25, 0.3) is 5.91 Å². The highest BCUT2D eigenvalue weighted by Crippen LogP contribution is 2.17. The molecule has 1 aromatic carbocycles. The molecule has 3 rings (SSSR count). The third-order valence-electron chi connectivity index (χ3n) is 4.05. The summed E-state index contributed by atoms with van der Waals surface area (Å²) in [7, 11) is 0. The molecule has 1 fully saturated rings. The van der Waals surface area contributed by atoms with Crippen molar-refractivity contribution >= 4 is 11.7 Å². The molecule has 122 valence electrons. The molecule has 24 heavy (non-hydrogen) atoms. The predicted octanol–water partition coefficient (Wildman–Crippen LogP) is 2.00. The second-order valence-electron chi connectivity index (χ2n) is 5.63. The van der Waals surface area contributed by atoms with Gasteiger partial charge >= 0.3 is 0 Å². The van der Waals surface area contributed by atoms with Crippen molar-refractivity contribution in [1.82, 2.24) is 9.88 Å². The van der Waals surface area contributed by atoms with Crippen molar-refractivity contribution < 1.29 is 14.3 Å². The minimum absolute atomic E-state index is 0.0203. The minimum atomic E-state index is -0.312. The lowest BCUT2D eigenvalue weighted by molar-refractivity contribution is -0.00307. The van der Waals surface area contributed by atoms with Crippen LogP contribution in [0, 0.1) is 11.3 Å². The first-order valence-electron chi connectivity index (χ1n) is 7.74. The summed E-state index contributed by atoms with van der Waals surface area (Å²) in [6.07, 6.45) is 1.71. The summed E-state index contributed by atoms with van der Waals surface area (Å²) >= 11 is 0. The van der Waals surface area contributed by atoms with E-state index in [0.29, 0.717) is 36.6 Å². The number of aromatic nitrogens is 1. The summed E-state index contributed by atoms with van der Waals surface area (Å²) in [6, 6.07) is 12.2. The molecule has 0 aliphatic carbocycles. The van der Waals surface area contributed by atoms with Gasteiger partial charge in [-0.1, -0.05) is 30.3 Å². The van der Waals surface area contributed by atoms with Gasteiger partial charge in [0.05, 0.1) is 24.8 Å². The quantitative estimate of drug-likeness (QED) is 0.872. The highest BCUT2D eigenvalue weighted by Gasteiger charge is 2.30. The van der Waals surface area contributed by atoms with Crippen molar-refractivity contribution in [2.24, 2.45) is 0 Å². The Bertz CT molecular complexity index is 776. The van der Waals surface area contributed by atoms with Crippen molar-refractivity contribution in [3.8, 4) is 6.07 Å². The second-order valence-corrected chi connectivity index (χ2v) is 5.63. The molecule has 0 bridgehead atoms. The summed E-state index contributed by atoms with van der Waals surface area (Å²) in [5.41, 5.74) is 1.39. The number of amides is 1. The van der Waals surface area contributed by atoms with Gasteiger partial charge in [-0.15, -0.1) is 0 Å². The van der Waals surface area contributed by atoms with Gasteiger partial charge in [0, 0.05) is 24.7 Å². The maximum atomic E-state index is 12.7. The van der Waals surface area contributed by atoms with Crippen LogP contribution in [0.4, 0.5) is 0 Å². The summed E-state index contributed by atoms with van der Waals surface area (Å²) in [6.45, 7) is 1.19. The van der Waals surface area contributed by atoms with Crippen LogP contribution in [0.15, 0.2) is 42.6 Å². The Kier molecular flexibility index (Phi) is 4.73. The molecule has 1 aromatic heterocycles. The van der Waals surface area contributed by atoms with E-state index in [2.05, 4.69) is 4.98 Å². The van der Waals surface area contributed by atoms with Gasteiger partial charge in [0.15, 0.2) is 5.78 Å². The Morgan fingerprint density at radius 3 is 2.83 bits per heavy atom. The van der Waals surface area contributed by atoms with E-state index < -0.39 is 0 Å². The fourth-order valence-electron chi connectivity index (χ4n) is 2.78. The van der Waals surface area contributed by atoms with Crippen molar-refractivity contribution in [1.29, 1.82) is 5.26 Å². The fourth-order valence-corrected chi connectivity index (χ4v) is 2.78. The number of ketones is 1. The van der Waals surface area contributed by atoms with E-state index >= 15 is 0 Å². The standard InChI is InChI=1S/C18H17N3O3/c19-10-13-8-16(20-11-13)18(23)21-6-7-24-12-15(21)9-17(22)14-4-2-1-3-5-14/h1-5,8,11,15,20H,6-7,9,12H2/t15-/m1/s1. The molecule has 1 N–H and O–H groups in total. The van der Waals surface area contributed by atoms with Gasteiger partial charge in [-0.25, -0.2) is 0 Å². The van der Waals surface area contributed by atoms with E-state index in [-0.39, 0.29) is 24.2 Å². The third-order valence-corrected chi connectivity index (χ3v) is 4.05. The Labute approximate surface area is 139 Å². The molecule has 0 radical (unpaired) electrons. The van der Waals surface area contributed by atoms with E-state index in [1.165, 1.54) is 12.3 Å². The van der Waals surface area contributed by atoms with Crippen LogP contribution in [0.5, 0.6) is 0 Å². The van der Waals surface area contributed by atoms with Gasteiger partial charge < -0.3 is 14.6 Å². The number of morpholine rings is 1. The van der Waals surface area contributed by atoms with Crippen LogP contribution in [0.1, 0.15) is 32.8 Å². The van der Waals surface area contributed by atoms with E-state index in [9.17, 15) is 9.59 Å². The summed E-state index contributed by atoms with van der Waals surface area (Å²) < 4.78 is 5.45. The first-order valence-corrected chi connectivity index (χ1v) is 7.74. The molecule has 1 atom stereocenters. The summed E-state index contributed by atoms with van der Waals surface area (Å²) in [5.74, 6) is -0.237. The Balaban J connectivity index is 1.74. The number of ether oxygens (including phenoxy) is 1. The molecule has 0 spiro atoms. The number of Topliss-reactive ketones (excluding diaryl/α,β-unsaturated/α-hetero) is 1. The van der Waals surface area contributed by atoms with Crippen LogP contribution in [-0.2, 0) is 4.74 Å². The Hall–Kier alpha value is -2.91. The molecular formula is C18H17N3O3. The van der Waals surface area contributed by atoms with Gasteiger partial charge in [-0.2, -0.15) is 5.26 Å². The van der Waals surface area contributed by atoms with Gasteiger partial charge in [0.2, 0.25) is 0 Å². The molecule has 1 saturated heterocycles. The number of carbonyl (C=O) groups is 2. The number of hydrogen-bond donors (Lipinski definition) is 1. The zero-order valence-electron chi connectivity index (χ0n) is 13.1. The number of nitriles is 1. The number of carbonyl (C=O) groups excluding carboxylic acids is 2. The van der Waals surface area contributed by atoms with Crippen LogP contribution in [0.2, 0.25) is 0 Å². The maximum Gasteiger partial charge on any atom is 0.270 e. The van der Waals surface area contributed by atoms with Crippen molar-refractivity contribution in [2.45, 2.75) is 12.5 Å². The number of H-pyrrole nitrogens is 1. The third kappa shape index (κ3) is 3.36. The lowest BCUT2D eigenvalue weighted by Gasteiger charge is -2.35. The molecule has 1 amide bonds. The average Bonchev–Trinajstić information content (AvgIpc) is 3.11. The van der Waals surface area contributed by atoms with Crippen LogP contribution in [0.3, 0.4) is 0 Å². The lowest BCUT2D eigenvalue weighted by atomic mass is 10.0. The molecule has 0 unspecified atom stereocenters. The molecule has 6 heteroatoms. The van der Waals surface area contributed by atoms with Crippen molar-refractivity contribution in [3.63, 3.8) is 0 Å². The zero-order valence-corrected chi connectivity index (χ0v) is 13.1. The first-order chi connectivity index (χ1) is 11.7. The number of aromatic amines is 1. The van der Waals surface area contributed by atoms with Crippen molar-refractivity contribution in [2.75, 3.05) is 19.8 Å². The second kappa shape index (κ2) is 7.11. The molecule has 6 nitrogen and oxygen atoms in total. The number of rotatable bonds is 4. The van der Waals surface area contributed by atoms with Crippen LogP contribution < -0.4 is 0 Å². The van der Waals surface area contributed by atoms with Gasteiger partial charge in [-0.05, 0) is 6.07 Å². The Morgan fingerprint density at radius 2 is 2.12 bits per heavy atom. The Morgan fingerprint density at radius 1 is 1.33 bits per heavy atom. The van der Waals surface area contributed by atoms with Crippen molar-refractivity contribution in [3.05, 3.63) is 59.4 Å². The summed E-state index contributed by atoms with van der Waals surface area (Å²) in [4.78, 5) is 29.6. The average molecular weight is 323 g/mol. The molecule has 1 aliphatic heterocycles. The molecule has 1 aliphatic rings. The van der Waals surface area contributed by atoms with E-state index in [1.54, 1.807) is 17.0 Å². The number of benzene rings is 1. The topological polar surface area (TPSA) is 86.2 Å². The number of nitrogens with zero attached hydrogens (tertiary/aromatic N) is 2. The highest BCUT2D eigenvalue weighted by molar-refractivity contribution is 5.97. The fraction of sp³-hybridized carbons (Fsp3) is 0.278. The molecule has 2 aromatic rings. The zero-order chi connectivity index (χ0) is 16.9. The maximum absolute atomic E-state index is 12.7. The SMILES string of the molecule is N#Cc1c[nH]c(C(=O)N2CCOC[C@H]2CC(=O)c2ccccc2)c1.